The van der Waals surface area contributed by atoms with Crippen molar-refractivity contribution in [3.05, 3.63) is 81.8 Å². The molecular formula is C26H29BrN2O3. The van der Waals surface area contributed by atoms with Crippen LogP contribution in [0.5, 0.6) is 11.5 Å². The Morgan fingerprint density at radius 2 is 1.72 bits per heavy atom. The van der Waals surface area contributed by atoms with E-state index < -0.39 is 0 Å². The van der Waals surface area contributed by atoms with Gasteiger partial charge in [0, 0.05) is 23.8 Å². The average molecular weight is 497 g/mol. The molecule has 0 aliphatic rings. The van der Waals surface area contributed by atoms with Crippen LogP contribution in [0, 0.1) is 12.8 Å². The van der Waals surface area contributed by atoms with E-state index in [1.54, 1.807) is 7.11 Å². The highest BCUT2D eigenvalue weighted by Gasteiger charge is 2.12. The van der Waals surface area contributed by atoms with Gasteiger partial charge in [0.05, 0.1) is 11.6 Å². The predicted molar refractivity (Wildman–Crippen MR) is 133 cm³/mol. The molecule has 0 aliphatic carbocycles. The van der Waals surface area contributed by atoms with Gasteiger partial charge in [0.15, 0.2) is 11.5 Å². The summed E-state index contributed by atoms with van der Waals surface area (Å²) in [6, 6.07) is 19.9. The number of carbonyl (C=O) groups excluding carboxylic acids is 1. The zero-order chi connectivity index (χ0) is 23.1. The van der Waals surface area contributed by atoms with Crippen LogP contribution in [0.15, 0.2) is 65.1 Å². The third-order valence-corrected chi connectivity index (χ3v) is 5.52. The normalized spacial score (nSPS) is 10.7. The number of hydrogen-bond donors (Lipinski definition) is 2. The SMILES string of the molecule is COc1cc(CNc2ccc(NC(=O)C(C)C)cc2)cc(Br)c1OCc1cccc(C)c1. The molecule has 0 bridgehead atoms. The minimum Gasteiger partial charge on any atom is -0.493 e. The molecule has 168 valence electrons. The number of hydrogen-bond acceptors (Lipinski definition) is 4. The van der Waals surface area contributed by atoms with Gasteiger partial charge in [-0.15, -0.1) is 0 Å². The number of amides is 1. The fraction of sp³-hybridized carbons (Fsp3) is 0.269. The molecule has 0 saturated carbocycles. The topological polar surface area (TPSA) is 59.6 Å². The molecule has 6 heteroatoms. The quantitative estimate of drug-likeness (QED) is 0.352. The summed E-state index contributed by atoms with van der Waals surface area (Å²) < 4.78 is 12.5. The van der Waals surface area contributed by atoms with Crippen LogP contribution in [0.25, 0.3) is 0 Å². The summed E-state index contributed by atoms with van der Waals surface area (Å²) in [6.45, 7) is 6.89. The molecule has 0 unspecified atom stereocenters. The lowest BCUT2D eigenvalue weighted by molar-refractivity contribution is -0.118. The number of rotatable bonds is 9. The van der Waals surface area contributed by atoms with Crippen LogP contribution < -0.4 is 20.1 Å². The van der Waals surface area contributed by atoms with Crippen molar-refractivity contribution in [1.82, 2.24) is 0 Å². The summed E-state index contributed by atoms with van der Waals surface area (Å²) in [7, 11) is 1.64. The molecule has 1 amide bonds. The Bertz CT molecular complexity index is 1070. The van der Waals surface area contributed by atoms with Crippen LogP contribution in [0.4, 0.5) is 11.4 Å². The molecule has 0 aromatic heterocycles. The van der Waals surface area contributed by atoms with Crippen molar-refractivity contribution in [2.24, 2.45) is 5.92 Å². The summed E-state index contributed by atoms with van der Waals surface area (Å²) in [5.74, 6) is 1.32. The molecular weight excluding hydrogens is 468 g/mol. The molecule has 0 fully saturated rings. The van der Waals surface area contributed by atoms with Gasteiger partial charge in [-0.25, -0.2) is 0 Å². The number of benzene rings is 3. The molecule has 3 rings (SSSR count). The van der Waals surface area contributed by atoms with E-state index in [-0.39, 0.29) is 11.8 Å². The molecule has 0 atom stereocenters. The van der Waals surface area contributed by atoms with Crippen molar-refractivity contribution in [2.45, 2.75) is 33.9 Å². The van der Waals surface area contributed by atoms with Gasteiger partial charge in [-0.05, 0) is 70.4 Å². The van der Waals surface area contributed by atoms with Crippen molar-refractivity contribution in [2.75, 3.05) is 17.7 Å². The van der Waals surface area contributed by atoms with Gasteiger partial charge in [-0.1, -0.05) is 43.7 Å². The van der Waals surface area contributed by atoms with Crippen LogP contribution in [0.1, 0.15) is 30.5 Å². The van der Waals surface area contributed by atoms with Gasteiger partial charge < -0.3 is 20.1 Å². The third kappa shape index (κ3) is 6.50. The van der Waals surface area contributed by atoms with Crippen LogP contribution in [0.2, 0.25) is 0 Å². The number of methoxy groups -OCH3 is 1. The van der Waals surface area contributed by atoms with Crippen LogP contribution in [-0.4, -0.2) is 13.0 Å². The Morgan fingerprint density at radius 1 is 1.00 bits per heavy atom. The fourth-order valence-corrected chi connectivity index (χ4v) is 3.74. The Labute approximate surface area is 198 Å². The second kappa shape index (κ2) is 11.0. The van der Waals surface area contributed by atoms with Gasteiger partial charge in [0.2, 0.25) is 5.91 Å². The maximum atomic E-state index is 11.8. The third-order valence-electron chi connectivity index (χ3n) is 4.93. The molecule has 3 aromatic rings. The second-order valence-corrected chi connectivity index (χ2v) is 8.82. The van der Waals surface area contributed by atoms with Crippen LogP contribution in [-0.2, 0) is 17.9 Å². The lowest BCUT2D eigenvalue weighted by Crippen LogP contribution is -2.17. The van der Waals surface area contributed by atoms with E-state index in [1.807, 2.05) is 62.4 Å². The Balaban J connectivity index is 1.63. The van der Waals surface area contributed by atoms with Gasteiger partial charge in [-0.3, -0.25) is 4.79 Å². The number of ether oxygens (including phenoxy) is 2. The first-order valence-corrected chi connectivity index (χ1v) is 11.3. The Morgan fingerprint density at radius 3 is 2.38 bits per heavy atom. The molecule has 0 aliphatic heterocycles. The molecule has 0 saturated heterocycles. The first-order chi connectivity index (χ1) is 15.4. The number of aryl methyl sites for hydroxylation is 1. The highest BCUT2D eigenvalue weighted by molar-refractivity contribution is 9.10. The maximum absolute atomic E-state index is 11.8. The predicted octanol–water partition coefficient (Wildman–Crippen LogP) is 6.55. The lowest BCUT2D eigenvalue weighted by atomic mass is 10.1. The molecule has 5 nitrogen and oxygen atoms in total. The van der Waals surface area contributed by atoms with Crippen molar-refractivity contribution in [3.8, 4) is 11.5 Å². The highest BCUT2D eigenvalue weighted by Crippen LogP contribution is 2.37. The van der Waals surface area contributed by atoms with E-state index in [1.165, 1.54) is 5.56 Å². The number of halogens is 1. The van der Waals surface area contributed by atoms with Crippen molar-refractivity contribution < 1.29 is 14.3 Å². The minimum atomic E-state index is -0.0509. The summed E-state index contributed by atoms with van der Waals surface area (Å²) in [5.41, 5.74) is 5.11. The summed E-state index contributed by atoms with van der Waals surface area (Å²) in [5, 5.41) is 6.29. The number of nitrogens with one attached hydrogen (secondary N) is 2. The van der Waals surface area contributed by atoms with Crippen molar-refractivity contribution in [3.63, 3.8) is 0 Å². The van der Waals surface area contributed by atoms with E-state index in [4.69, 9.17) is 9.47 Å². The zero-order valence-electron chi connectivity index (χ0n) is 18.9. The summed E-state index contributed by atoms with van der Waals surface area (Å²) in [4.78, 5) is 11.8. The number of anilines is 2. The van der Waals surface area contributed by atoms with Crippen LogP contribution in [0.3, 0.4) is 0 Å². The van der Waals surface area contributed by atoms with E-state index in [2.05, 4.69) is 45.6 Å². The molecule has 0 radical (unpaired) electrons. The second-order valence-electron chi connectivity index (χ2n) is 7.96. The van der Waals surface area contributed by atoms with E-state index in [0.717, 1.165) is 27.0 Å². The van der Waals surface area contributed by atoms with E-state index >= 15 is 0 Å². The van der Waals surface area contributed by atoms with Gasteiger partial charge in [0.25, 0.3) is 0 Å². The average Bonchev–Trinajstić information content (AvgIpc) is 2.77. The fourth-order valence-electron chi connectivity index (χ4n) is 3.13. The lowest BCUT2D eigenvalue weighted by Gasteiger charge is -2.15. The molecule has 3 aromatic carbocycles. The highest BCUT2D eigenvalue weighted by atomic mass is 79.9. The largest absolute Gasteiger partial charge is 0.493 e. The van der Waals surface area contributed by atoms with E-state index in [9.17, 15) is 4.79 Å². The molecule has 0 heterocycles. The number of carbonyl (C=O) groups is 1. The molecule has 0 spiro atoms. The zero-order valence-corrected chi connectivity index (χ0v) is 20.5. The van der Waals surface area contributed by atoms with Crippen LogP contribution >= 0.6 is 15.9 Å². The molecule has 32 heavy (non-hydrogen) atoms. The van der Waals surface area contributed by atoms with Crippen molar-refractivity contribution in [1.29, 1.82) is 0 Å². The summed E-state index contributed by atoms with van der Waals surface area (Å²) >= 11 is 3.62. The maximum Gasteiger partial charge on any atom is 0.226 e. The standard InChI is InChI=1S/C26H29BrN2O3/c1-17(2)26(30)29-22-10-8-21(9-11-22)28-15-20-13-23(27)25(24(14-20)31-4)32-16-19-7-5-6-18(3)12-19/h5-14,17,28H,15-16H2,1-4H3,(H,29,30). The Kier molecular flexibility index (Phi) is 8.17. The van der Waals surface area contributed by atoms with Gasteiger partial charge in [0.1, 0.15) is 6.61 Å². The van der Waals surface area contributed by atoms with Gasteiger partial charge >= 0.3 is 0 Å². The van der Waals surface area contributed by atoms with Crippen molar-refractivity contribution >= 4 is 33.2 Å². The summed E-state index contributed by atoms with van der Waals surface area (Å²) in [6.07, 6.45) is 0. The Hall–Kier alpha value is -2.99. The van der Waals surface area contributed by atoms with Gasteiger partial charge in [-0.2, -0.15) is 0 Å². The first-order valence-electron chi connectivity index (χ1n) is 10.5. The smallest absolute Gasteiger partial charge is 0.226 e. The first kappa shape index (κ1) is 23.7. The monoisotopic (exact) mass is 496 g/mol. The molecule has 2 N–H and O–H groups in total. The minimum absolute atomic E-state index is 0.00682. The van der Waals surface area contributed by atoms with E-state index in [0.29, 0.717) is 24.7 Å².